The van der Waals surface area contributed by atoms with E-state index in [0.29, 0.717) is 25.7 Å². The summed E-state index contributed by atoms with van der Waals surface area (Å²) in [4.78, 5) is 4.37. The van der Waals surface area contributed by atoms with Crippen molar-refractivity contribution in [1.29, 1.82) is 0 Å². The molecule has 1 aromatic rings. The maximum atomic E-state index is 5.80. The first-order valence-electron chi connectivity index (χ1n) is 6.32. The Labute approximate surface area is 113 Å². The molecule has 104 valence electrons. The second kappa shape index (κ2) is 6.96. The van der Waals surface area contributed by atoms with Gasteiger partial charge in [0.1, 0.15) is 11.9 Å². The van der Waals surface area contributed by atoms with E-state index in [-0.39, 0.29) is 6.10 Å². The maximum absolute atomic E-state index is 5.80. The zero-order valence-electron chi connectivity index (χ0n) is 11.1. The minimum Gasteiger partial charge on any atom is -0.488 e. The molecule has 0 saturated carbocycles. The number of fused-ring (bicyclic) bond motifs is 1. The topological polar surface area (TPSA) is 80.9 Å². The number of nitrogens with one attached hydrogen (secondary N) is 2. The lowest BCUT2D eigenvalue weighted by Crippen LogP contribution is -2.43. The van der Waals surface area contributed by atoms with Crippen LogP contribution in [0.2, 0.25) is 0 Å². The standard InChI is InChI=1S/C13H20N4O2/c1-18-7-6-15-13(17-14)16-9-11-8-10-4-2-3-5-12(10)19-11/h2-5,11H,6-9,14H2,1H3,(H2,15,16,17). The van der Waals surface area contributed by atoms with Crippen molar-refractivity contribution in [3.8, 4) is 5.75 Å². The number of nitrogens with two attached hydrogens (primary N) is 1. The summed E-state index contributed by atoms with van der Waals surface area (Å²) in [6, 6.07) is 8.06. The van der Waals surface area contributed by atoms with E-state index < -0.39 is 0 Å². The molecule has 1 unspecified atom stereocenters. The number of ether oxygens (including phenoxy) is 2. The zero-order chi connectivity index (χ0) is 13.5. The van der Waals surface area contributed by atoms with Gasteiger partial charge in [0.25, 0.3) is 0 Å². The van der Waals surface area contributed by atoms with E-state index in [0.717, 1.165) is 12.2 Å². The number of nitrogens with zero attached hydrogens (tertiary/aromatic N) is 1. The van der Waals surface area contributed by atoms with Crippen molar-refractivity contribution in [2.24, 2.45) is 10.8 Å². The van der Waals surface area contributed by atoms with Gasteiger partial charge in [-0.2, -0.15) is 0 Å². The van der Waals surface area contributed by atoms with Crippen LogP contribution in [0.3, 0.4) is 0 Å². The van der Waals surface area contributed by atoms with E-state index in [1.165, 1.54) is 5.56 Å². The molecule has 0 aromatic heterocycles. The van der Waals surface area contributed by atoms with Crippen LogP contribution in [0.25, 0.3) is 0 Å². The summed E-state index contributed by atoms with van der Waals surface area (Å²) in [5.41, 5.74) is 3.77. The van der Waals surface area contributed by atoms with Gasteiger partial charge in [0.15, 0.2) is 0 Å². The molecule has 0 radical (unpaired) electrons. The fraction of sp³-hybridized carbons (Fsp3) is 0.462. The molecule has 0 fully saturated rings. The molecule has 1 atom stereocenters. The summed E-state index contributed by atoms with van der Waals surface area (Å²) in [6.07, 6.45) is 0.959. The molecule has 2 rings (SSSR count). The number of methoxy groups -OCH3 is 1. The molecule has 0 amide bonds. The van der Waals surface area contributed by atoms with Crippen LogP contribution in [0.1, 0.15) is 5.56 Å². The first-order valence-corrected chi connectivity index (χ1v) is 6.32. The van der Waals surface area contributed by atoms with Crippen LogP contribution in [-0.2, 0) is 11.2 Å². The third-order valence-electron chi connectivity index (χ3n) is 2.90. The molecular formula is C13H20N4O2. The Morgan fingerprint density at radius 2 is 2.37 bits per heavy atom. The Bertz CT molecular complexity index is 411. The molecule has 0 aliphatic carbocycles. The highest BCUT2D eigenvalue weighted by Crippen LogP contribution is 2.27. The Hall–Kier alpha value is -1.79. The van der Waals surface area contributed by atoms with Crippen molar-refractivity contribution in [2.75, 3.05) is 26.8 Å². The summed E-state index contributed by atoms with van der Waals surface area (Å²) in [7, 11) is 1.65. The van der Waals surface area contributed by atoms with Crippen LogP contribution in [0, 0.1) is 0 Å². The summed E-state index contributed by atoms with van der Waals surface area (Å²) in [6.45, 7) is 1.82. The van der Waals surface area contributed by atoms with Gasteiger partial charge in [-0.15, -0.1) is 0 Å². The second-order valence-electron chi connectivity index (χ2n) is 4.30. The highest BCUT2D eigenvalue weighted by molar-refractivity contribution is 5.79. The average Bonchev–Trinajstić information content (AvgIpc) is 2.85. The molecule has 1 aliphatic heterocycles. The highest BCUT2D eigenvalue weighted by Gasteiger charge is 2.21. The van der Waals surface area contributed by atoms with Crippen molar-refractivity contribution < 1.29 is 9.47 Å². The van der Waals surface area contributed by atoms with E-state index in [9.17, 15) is 0 Å². The van der Waals surface area contributed by atoms with E-state index in [1.807, 2.05) is 18.2 Å². The van der Waals surface area contributed by atoms with Gasteiger partial charge in [0, 0.05) is 20.1 Å². The minimum absolute atomic E-state index is 0.0741. The number of aliphatic imine (C=N–C) groups is 1. The fourth-order valence-corrected chi connectivity index (χ4v) is 1.97. The van der Waals surface area contributed by atoms with Gasteiger partial charge in [-0.05, 0) is 11.6 Å². The number of guanidine groups is 1. The number of hydrazine groups is 1. The maximum Gasteiger partial charge on any atom is 0.205 e. The molecule has 19 heavy (non-hydrogen) atoms. The predicted octanol–water partition coefficient (Wildman–Crippen LogP) is 0.0454. The normalized spacial score (nSPS) is 17.8. The highest BCUT2D eigenvalue weighted by atomic mass is 16.5. The van der Waals surface area contributed by atoms with Crippen molar-refractivity contribution in [1.82, 2.24) is 10.7 Å². The van der Waals surface area contributed by atoms with Gasteiger partial charge < -0.3 is 14.8 Å². The lowest BCUT2D eigenvalue weighted by molar-refractivity contribution is 0.203. The van der Waals surface area contributed by atoms with Gasteiger partial charge in [-0.1, -0.05) is 18.2 Å². The summed E-state index contributed by atoms with van der Waals surface area (Å²) >= 11 is 0. The van der Waals surface area contributed by atoms with Gasteiger partial charge in [-0.25, -0.2) is 10.8 Å². The first-order chi connectivity index (χ1) is 9.33. The molecule has 1 aromatic carbocycles. The van der Waals surface area contributed by atoms with E-state index in [1.54, 1.807) is 7.11 Å². The van der Waals surface area contributed by atoms with E-state index in [2.05, 4.69) is 21.8 Å². The SMILES string of the molecule is COCCNC(=NCC1Cc2ccccc2O1)NN. The van der Waals surface area contributed by atoms with Crippen LogP contribution in [0.15, 0.2) is 29.3 Å². The Balaban J connectivity index is 1.82. The van der Waals surface area contributed by atoms with Gasteiger partial charge >= 0.3 is 0 Å². The smallest absolute Gasteiger partial charge is 0.205 e. The first kappa shape index (κ1) is 13.6. The lowest BCUT2D eigenvalue weighted by Gasteiger charge is -2.11. The third kappa shape index (κ3) is 3.84. The predicted molar refractivity (Wildman–Crippen MR) is 74.1 cm³/mol. The molecule has 0 bridgehead atoms. The van der Waals surface area contributed by atoms with E-state index >= 15 is 0 Å². The van der Waals surface area contributed by atoms with Crippen LogP contribution in [-0.4, -0.2) is 38.9 Å². The van der Waals surface area contributed by atoms with Crippen LogP contribution < -0.4 is 21.3 Å². The number of benzene rings is 1. The number of hydrogen-bond acceptors (Lipinski definition) is 4. The zero-order valence-corrected chi connectivity index (χ0v) is 11.1. The van der Waals surface area contributed by atoms with Gasteiger partial charge in [-0.3, -0.25) is 5.43 Å². The van der Waals surface area contributed by atoms with Gasteiger partial charge in [0.05, 0.1) is 13.2 Å². The average molecular weight is 264 g/mol. The molecule has 0 saturated heterocycles. The molecule has 6 heteroatoms. The molecule has 0 spiro atoms. The summed E-state index contributed by atoms with van der Waals surface area (Å²) < 4.78 is 10.7. The van der Waals surface area contributed by atoms with Crippen molar-refractivity contribution >= 4 is 5.96 Å². The van der Waals surface area contributed by atoms with Crippen LogP contribution in [0.5, 0.6) is 5.75 Å². The van der Waals surface area contributed by atoms with Crippen molar-refractivity contribution in [3.63, 3.8) is 0 Å². The fourth-order valence-electron chi connectivity index (χ4n) is 1.97. The molecule has 1 heterocycles. The van der Waals surface area contributed by atoms with Crippen molar-refractivity contribution in [3.05, 3.63) is 29.8 Å². The third-order valence-corrected chi connectivity index (χ3v) is 2.90. The molecule has 6 nitrogen and oxygen atoms in total. The summed E-state index contributed by atoms with van der Waals surface area (Å²) in [5.74, 6) is 6.91. The van der Waals surface area contributed by atoms with Crippen LogP contribution in [0.4, 0.5) is 0 Å². The van der Waals surface area contributed by atoms with E-state index in [4.69, 9.17) is 15.3 Å². The molecule has 1 aliphatic rings. The molecular weight excluding hydrogens is 244 g/mol. The van der Waals surface area contributed by atoms with Crippen LogP contribution >= 0.6 is 0 Å². The monoisotopic (exact) mass is 264 g/mol. The Morgan fingerprint density at radius 1 is 1.53 bits per heavy atom. The molecule has 4 N–H and O–H groups in total. The lowest BCUT2D eigenvalue weighted by atomic mass is 10.1. The largest absolute Gasteiger partial charge is 0.488 e. The summed E-state index contributed by atoms with van der Waals surface area (Å²) in [5, 5.41) is 3.05. The Morgan fingerprint density at radius 3 is 3.11 bits per heavy atom. The number of para-hydroxylation sites is 1. The quantitative estimate of drug-likeness (QED) is 0.230. The Kier molecular flexibility index (Phi) is 5.00. The number of hydrogen-bond donors (Lipinski definition) is 3. The second-order valence-corrected chi connectivity index (χ2v) is 4.30. The van der Waals surface area contributed by atoms with Crippen molar-refractivity contribution in [2.45, 2.75) is 12.5 Å². The van der Waals surface area contributed by atoms with Gasteiger partial charge in [0.2, 0.25) is 5.96 Å². The number of rotatable bonds is 5. The minimum atomic E-state index is 0.0741.